The fourth-order valence-corrected chi connectivity index (χ4v) is 3.81. The maximum Gasteiger partial charge on any atom is 0.277 e. The molecule has 0 atom stereocenters. The lowest BCUT2D eigenvalue weighted by Gasteiger charge is -2.09. The van der Waals surface area contributed by atoms with Gasteiger partial charge in [0.15, 0.2) is 0 Å². The lowest BCUT2D eigenvalue weighted by atomic mass is 10.1. The van der Waals surface area contributed by atoms with E-state index in [0.717, 1.165) is 24.2 Å². The molecule has 8 nitrogen and oxygen atoms in total. The number of halogens is 2. The average molecular weight is 494 g/mol. The van der Waals surface area contributed by atoms with Crippen molar-refractivity contribution >= 4 is 17.1 Å². The molecule has 2 aromatic carbocycles. The number of rotatable bonds is 8. The maximum absolute atomic E-state index is 13.4. The standard InChI is InChI=1S/C25H21ClFN5O3/c1-2-3-12-34-22-7-5-4-6-17(22)20-14-21-25(33)31(10-11-32(21)29-20)15-23-28-24(30-35-23)16-8-9-19(27)18(26)13-16/h4-11,13-14H,2-3,12,15H2,1H3. The van der Waals surface area contributed by atoms with Crippen molar-refractivity contribution in [1.82, 2.24) is 24.3 Å². The van der Waals surface area contributed by atoms with Gasteiger partial charge in [-0.1, -0.05) is 42.2 Å². The zero-order valence-electron chi connectivity index (χ0n) is 18.8. The van der Waals surface area contributed by atoms with Crippen molar-refractivity contribution in [3.05, 3.63) is 88.0 Å². The Bertz CT molecular complexity index is 1560. The molecule has 5 rings (SSSR count). The summed E-state index contributed by atoms with van der Waals surface area (Å²) in [7, 11) is 0. The Balaban J connectivity index is 1.42. The molecule has 0 spiro atoms. The molecule has 0 amide bonds. The van der Waals surface area contributed by atoms with Crippen molar-refractivity contribution in [2.24, 2.45) is 0 Å². The smallest absolute Gasteiger partial charge is 0.277 e. The zero-order chi connectivity index (χ0) is 24.4. The molecule has 0 radical (unpaired) electrons. The average Bonchev–Trinajstić information content (AvgIpc) is 3.51. The topological polar surface area (TPSA) is 87.5 Å². The predicted octanol–water partition coefficient (Wildman–Crippen LogP) is 5.23. The lowest BCUT2D eigenvalue weighted by molar-refractivity contribution is 0.310. The predicted molar refractivity (Wildman–Crippen MR) is 129 cm³/mol. The summed E-state index contributed by atoms with van der Waals surface area (Å²) in [6, 6.07) is 13.5. The second kappa shape index (κ2) is 9.71. The van der Waals surface area contributed by atoms with Gasteiger partial charge in [0.1, 0.15) is 23.6 Å². The van der Waals surface area contributed by atoms with Gasteiger partial charge >= 0.3 is 0 Å². The summed E-state index contributed by atoms with van der Waals surface area (Å²) < 4.78 is 27.7. The first-order valence-electron chi connectivity index (χ1n) is 11.1. The van der Waals surface area contributed by atoms with Gasteiger partial charge < -0.3 is 13.8 Å². The van der Waals surface area contributed by atoms with Crippen LogP contribution in [0.3, 0.4) is 0 Å². The molecule has 3 aromatic heterocycles. The van der Waals surface area contributed by atoms with Crippen LogP contribution in [0.1, 0.15) is 25.7 Å². The van der Waals surface area contributed by atoms with E-state index in [4.69, 9.17) is 20.9 Å². The maximum atomic E-state index is 13.4. The molecule has 35 heavy (non-hydrogen) atoms. The fourth-order valence-electron chi connectivity index (χ4n) is 3.63. The summed E-state index contributed by atoms with van der Waals surface area (Å²) >= 11 is 5.84. The Kier molecular flexibility index (Phi) is 6.33. The number of nitrogens with zero attached hydrogens (tertiary/aromatic N) is 5. The van der Waals surface area contributed by atoms with Crippen LogP contribution in [-0.4, -0.2) is 30.9 Å². The van der Waals surface area contributed by atoms with Crippen LogP contribution in [-0.2, 0) is 6.54 Å². The van der Waals surface area contributed by atoms with Crippen molar-refractivity contribution < 1.29 is 13.7 Å². The Hall–Kier alpha value is -3.98. The van der Waals surface area contributed by atoms with E-state index in [2.05, 4.69) is 22.2 Å². The van der Waals surface area contributed by atoms with Crippen molar-refractivity contribution in [2.75, 3.05) is 6.61 Å². The minimum Gasteiger partial charge on any atom is -0.493 e. The second-order valence-corrected chi connectivity index (χ2v) is 8.34. The molecule has 0 aliphatic heterocycles. The number of aromatic nitrogens is 5. The molecule has 178 valence electrons. The highest BCUT2D eigenvalue weighted by Gasteiger charge is 2.15. The number of hydrogen-bond acceptors (Lipinski definition) is 6. The van der Waals surface area contributed by atoms with Gasteiger partial charge in [0, 0.05) is 23.5 Å². The van der Waals surface area contributed by atoms with Crippen molar-refractivity contribution in [1.29, 1.82) is 0 Å². The van der Waals surface area contributed by atoms with Gasteiger partial charge in [-0.15, -0.1) is 0 Å². The molecule has 0 unspecified atom stereocenters. The Morgan fingerprint density at radius 1 is 1.14 bits per heavy atom. The number of hydrogen-bond donors (Lipinski definition) is 0. The fraction of sp³-hybridized carbons (Fsp3) is 0.200. The Morgan fingerprint density at radius 3 is 2.83 bits per heavy atom. The van der Waals surface area contributed by atoms with Crippen LogP contribution in [0.2, 0.25) is 5.02 Å². The van der Waals surface area contributed by atoms with Gasteiger partial charge in [-0.3, -0.25) is 4.79 Å². The van der Waals surface area contributed by atoms with E-state index in [1.54, 1.807) is 18.5 Å². The number of unbranched alkanes of at least 4 members (excludes halogenated alkanes) is 1. The molecular weight excluding hydrogens is 473 g/mol. The van der Waals surface area contributed by atoms with Crippen LogP contribution in [0.25, 0.3) is 28.2 Å². The first-order chi connectivity index (χ1) is 17.0. The van der Waals surface area contributed by atoms with Gasteiger partial charge in [-0.2, -0.15) is 10.1 Å². The first kappa shape index (κ1) is 22.8. The molecule has 0 aliphatic carbocycles. The summed E-state index contributed by atoms with van der Waals surface area (Å²) in [5.41, 5.74) is 2.10. The van der Waals surface area contributed by atoms with Crippen molar-refractivity contribution in [3.63, 3.8) is 0 Å². The molecule has 10 heteroatoms. The van der Waals surface area contributed by atoms with Crippen LogP contribution >= 0.6 is 11.6 Å². The van der Waals surface area contributed by atoms with Crippen LogP contribution in [0.5, 0.6) is 5.75 Å². The quantitative estimate of drug-likeness (QED) is 0.275. The third-order valence-corrected chi connectivity index (χ3v) is 5.76. The normalized spacial score (nSPS) is 11.3. The van der Waals surface area contributed by atoms with Crippen molar-refractivity contribution in [2.45, 2.75) is 26.3 Å². The second-order valence-electron chi connectivity index (χ2n) is 7.93. The van der Waals surface area contributed by atoms with Gasteiger partial charge in [0.05, 0.1) is 17.3 Å². The molecule has 0 fully saturated rings. The highest BCUT2D eigenvalue weighted by molar-refractivity contribution is 6.31. The lowest BCUT2D eigenvalue weighted by Crippen LogP contribution is -2.21. The van der Waals surface area contributed by atoms with E-state index in [1.807, 2.05) is 24.3 Å². The highest BCUT2D eigenvalue weighted by Crippen LogP contribution is 2.29. The summed E-state index contributed by atoms with van der Waals surface area (Å²) in [5.74, 6) is 0.668. The number of para-hydroxylation sites is 1. The van der Waals surface area contributed by atoms with E-state index in [1.165, 1.54) is 27.3 Å². The summed E-state index contributed by atoms with van der Waals surface area (Å²) in [5, 5.41) is 8.45. The molecule has 0 N–H and O–H groups in total. The molecular formula is C25H21ClFN5O3. The first-order valence-corrected chi connectivity index (χ1v) is 11.5. The molecule has 5 aromatic rings. The van der Waals surface area contributed by atoms with Crippen LogP contribution in [0.4, 0.5) is 4.39 Å². The van der Waals surface area contributed by atoms with E-state index < -0.39 is 5.82 Å². The van der Waals surface area contributed by atoms with E-state index in [-0.39, 0.29) is 28.8 Å². The minimum absolute atomic E-state index is 0.0376. The molecule has 3 heterocycles. The van der Waals surface area contributed by atoms with Gasteiger partial charge in [0.25, 0.3) is 5.56 Å². The summed E-state index contributed by atoms with van der Waals surface area (Å²) in [6.07, 6.45) is 5.29. The molecule has 0 saturated heterocycles. The Morgan fingerprint density at radius 2 is 2.00 bits per heavy atom. The summed E-state index contributed by atoms with van der Waals surface area (Å²) in [4.78, 5) is 17.5. The van der Waals surface area contributed by atoms with Crippen molar-refractivity contribution in [3.8, 4) is 28.4 Å². The number of fused-ring (bicyclic) bond motifs is 1. The van der Waals surface area contributed by atoms with E-state index in [0.29, 0.717) is 23.4 Å². The Labute approximate surface area is 204 Å². The molecule has 0 aliphatic rings. The largest absolute Gasteiger partial charge is 0.493 e. The van der Waals surface area contributed by atoms with Gasteiger partial charge in [-0.25, -0.2) is 8.91 Å². The third-order valence-electron chi connectivity index (χ3n) is 5.47. The number of benzene rings is 2. The SMILES string of the molecule is CCCCOc1ccccc1-c1cc2c(=O)n(Cc3nc(-c4ccc(F)c(Cl)c4)no3)ccn2n1. The zero-order valence-corrected chi connectivity index (χ0v) is 19.6. The minimum atomic E-state index is -0.533. The highest BCUT2D eigenvalue weighted by atomic mass is 35.5. The van der Waals surface area contributed by atoms with Crippen LogP contribution in [0, 0.1) is 5.82 Å². The van der Waals surface area contributed by atoms with Gasteiger partial charge in [0.2, 0.25) is 11.7 Å². The molecule has 0 bridgehead atoms. The number of ether oxygens (including phenoxy) is 1. The third kappa shape index (κ3) is 4.67. The van der Waals surface area contributed by atoms with Gasteiger partial charge in [-0.05, 0) is 42.8 Å². The van der Waals surface area contributed by atoms with Crippen LogP contribution < -0.4 is 10.3 Å². The van der Waals surface area contributed by atoms with Crippen LogP contribution in [0.15, 0.2) is 70.2 Å². The van der Waals surface area contributed by atoms with E-state index in [9.17, 15) is 9.18 Å². The summed E-state index contributed by atoms with van der Waals surface area (Å²) in [6.45, 7) is 2.79. The monoisotopic (exact) mass is 493 g/mol. The molecule has 0 saturated carbocycles. The van der Waals surface area contributed by atoms with E-state index >= 15 is 0 Å².